The van der Waals surface area contributed by atoms with Crippen LogP contribution < -0.4 is 24.8 Å². The standard InChI is InChI=1S/C16H25ClN2O4/c1-4-21-13-10-12(19-16(20)18-9-7-8-17)11-14(22-5-2)15(13)23-6-3/h10-11H,4-9H2,1-3H3,(H2,18,19,20). The van der Waals surface area contributed by atoms with E-state index in [-0.39, 0.29) is 6.03 Å². The summed E-state index contributed by atoms with van der Waals surface area (Å²) >= 11 is 5.58. The molecule has 0 bridgehead atoms. The number of rotatable bonds is 10. The molecule has 0 heterocycles. The lowest BCUT2D eigenvalue weighted by Gasteiger charge is -2.17. The van der Waals surface area contributed by atoms with Crippen molar-refractivity contribution in [2.45, 2.75) is 27.2 Å². The van der Waals surface area contributed by atoms with Gasteiger partial charge in [0.2, 0.25) is 5.75 Å². The predicted molar refractivity (Wildman–Crippen MR) is 92.3 cm³/mol. The quantitative estimate of drug-likeness (QED) is 0.502. The number of hydrogen-bond donors (Lipinski definition) is 2. The fraction of sp³-hybridized carbons (Fsp3) is 0.562. The summed E-state index contributed by atoms with van der Waals surface area (Å²) in [7, 11) is 0. The van der Waals surface area contributed by atoms with E-state index in [4.69, 9.17) is 25.8 Å². The summed E-state index contributed by atoms with van der Waals surface area (Å²) in [5.41, 5.74) is 0.573. The van der Waals surface area contributed by atoms with Crippen molar-refractivity contribution in [2.75, 3.05) is 37.6 Å². The van der Waals surface area contributed by atoms with Crippen LogP contribution in [0.1, 0.15) is 27.2 Å². The molecule has 2 amide bonds. The first-order valence-corrected chi connectivity index (χ1v) is 8.36. The molecule has 0 saturated heterocycles. The third-order valence-electron chi connectivity index (χ3n) is 2.76. The third-order valence-corrected chi connectivity index (χ3v) is 3.03. The first kappa shape index (κ1) is 19.2. The molecular formula is C16H25ClN2O4. The number of hydrogen-bond acceptors (Lipinski definition) is 4. The first-order valence-electron chi connectivity index (χ1n) is 7.83. The minimum absolute atomic E-state index is 0.302. The lowest BCUT2D eigenvalue weighted by molar-refractivity contribution is 0.252. The van der Waals surface area contributed by atoms with E-state index in [1.54, 1.807) is 12.1 Å². The lowest BCUT2D eigenvalue weighted by Crippen LogP contribution is -2.29. The maximum Gasteiger partial charge on any atom is 0.319 e. The van der Waals surface area contributed by atoms with Crippen LogP contribution in [0.3, 0.4) is 0 Å². The van der Waals surface area contributed by atoms with Crippen LogP contribution in [0.5, 0.6) is 17.2 Å². The van der Waals surface area contributed by atoms with Gasteiger partial charge >= 0.3 is 6.03 Å². The van der Waals surface area contributed by atoms with Gasteiger partial charge in [-0.3, -0.25) is 0 Å². The van der Waals surface area contributed by atoms with E-state index in [2.05, 4.69) is 10.6 Å². The van der Waals surface area contributed by atoms with Crippen molar-refractivity contribution >= 4 is 23.3 Å². The van der Waals surface area contributed by atoms with Gasteiger partial charge in [0.25, 0.3) is 0 Å². The second-order valence-electron chi connectivity index (χ2n) is 4.52. The van der Waals surface area contributed by atoms with Crippen molar-refractivity contribution in [2.24, 2.45) is 0 Å². The Bertz CT molecular complexity index is 470. The molecule has 1 aromatic rings. The van der Waals surface area contributed by atoms with Gasteiger partial charge in [-0.2, -0.15) is 0 Å². The van der Waals surface area contributed by atoms with Crippen molar-refractivity contribution in [1.82, 2.24) is 5.32 Å². The summed E-state index contributed by atoms with van der Waals surface area (Å²) in [4.78, 5) is 11.9. The van der Waals surface area contributed by atoms with E-state index in [0.717, 1.165) is 0 Å². The number of nitrogens with one attached hydrogen (secondary N) is 2. The number of halogens is 1. The summed E-state index contributed by atoms with van der Waals surface area (Å²) < 4.78 is 16.8. The van der Waals surface area contributed by atoms with Crippen molar-refractivity contribution in [3.63, 3.8) is 0 Å². The summed E-state index contributed by atoms with van der Waals surface area (Å²) in [5.74, 6) is 2.13. The molecule has 6 nitrogen and oxygen atoms in total. The summed E-state index contributed by atoms with van der Waals surface area (Å²) in [5, 5.41) is 5.49. The van der Waals surface area contributed by atoms with E-state index < -0.39 is 0 Å². The molecule has 2 N–H and O–H groups in total. The topological polar surface area (TPSA) is 68.8 Å². The molecule has 1 aromatic carbocycles. The fourth-order valence-electron chi connectivity index (χ4n) is 1.90. The largest absolute Gasteiger partial charge is 0.490 e. The monoisotopic (exact) mass is 344 g/mol. The van der Waals surface area contributed by atoms with Crippen LogP contribution in [0.4, 0.5) is 10.5 Å². The van der Waals surface area contributed by atoms with E-state index >= 15 is 0 Å². The summed E-state index contributed by atoms with van der Waals surface area (Å²) in [6.45, 7) is 7.63. The Balaban J connectivity index is 2.96. The van der Waals surface area contributed by atoms with Crippen LogP contribution in [-0.4, -0.2) is 38.3 Å². The summed E-state index contributed by atoms with van der Waals surface area (Å²) in [6, 6.07) is 3.14. The predicted octanol–water partition coefficient (Wildman–Crippen LogP) is 3.63. The van der Waals surface area contributed by atoms with Gasteiger partial charge in [0.05, 0.1) is 25.5 Å². The number of ether oxygens (including phenoxy) is 3. The summed E-state index contributed by atoms with van der Waals surface area (Å²) in [6.07, 6.45) is 0.715. The SMILES string of the molecule is CCOc1cc(NC(=O)NCCCCl)cc(OCC)c1OCC. The number of carbonyl (C=O) groups is 1. The maximum absolute atomic E-state index is 11.9. The highest BCUT2D eigenvalue weighted by Gasteiger charge is 2.16. The number of alkyl halides is 1. The molecule has 130 valence electrons. The third kappa shape index (κ3) is 6.44. The van der Waals surface area contributed by atoms with Gasteiger partial charge in [-0.1, -0.05) is 0 Å². The highest BCUT2D eigenvalue weighted by Crippen LogP contribution is 2.40. The van der Waals surface area contributed by atoms with Gasteiger partial charge in [0.1, 0.15) is 0 Å². The smallest absolute Gasteiger partial charge is 0.319 e. The van der Waals surface area contributed by atoms with Crippen LogP contribution in [0.25, 0.3) is 0 Å². The molecule has 0 aliphatic heterocycles. The Morgan fingerprint density at radius 3 is 2.09 bits per heavy atom. The zero-order chi connectivity index (χ0) is 17.1. The lowest BCUT2D eigenvalue weighted by atomic mass is 10.2. The van der Waals surface area contributed by atoms with Crippen molar-refractivity contribution in [3.05, 3.63) is 12.1 Å². The molecule has 0 spiro atoms. The average Bonchev–Trinajstić information content (AvgIpc) is 2.51. The molecule has 0 radical (unpaired) electrons. The Hall–Kier alpha value is -1.82. The molecule has 0 unspecified atom stereocenters. The number of benzene rings is 1. The minimum atomic E-state index is -0.302. The molecule has 0 aliphatic rings. The first-order chi connectivity index (χ1) is 11.2. The molecular weight excluding hydrogens is 320 g/mol. The Kier molecular flexibility index (Phi) is 9.05. The van der Waals surface area contributed by atoms with Gasteiger partial charge in [-0.25, -0.2) is 4.79 Å². The molecule has 0 aromatic heterocycles. The zero-order valence-corrected chi connectivity index (χ0v) is 14.7. The van der Waals surface area contributed by atoms with E-state index in [0.29, 0.717) is 61.6 Å². The normalized spacial score (nSPS) is 10.1. The van der Waals surface area contributed by atoms with Crippen LogP contribution in [-0.2, 0) is 0 Å². The van der Waals surface area contributed by atoms with Crippen LogP contribution in [0, 0.1) is 0 Å². The molecule has 0 aliphatic carbocycles. The van der Waals surface area contributed by atoms with E-state index in [1.165, 1.54) is 0 Å². The van der Waals surface area contributed by atoms with Crippen molar-refractivity contribution < 1.29 is 19.0 Å². The molecule has 1 rings (SSSR count). The molecule has 0 saturated carbocycles. The molecule has 23 heavy (non-hydrogen) atoms. The van der Waals surface area contributed by atoms with Gasteiger partial charge in [0, 0.05) is 24.6 Å². The number of carbonyl (C=O) groups excluding carboxylic acids is 1. The van der Waals surface area contributed by atoms with Crippen molar-refractivity contribution in [1.29, 1.82) is 0 Å². The molecule has 0 atom stereocenters. The number of anilines is 1. The van der Waals surface area contributed by atoms with Crippen molar-refractivity contribution in [3.8, 4) is 17.2 Å². The Morgan fingerprint density at radius 2 is 1.61 bits per heavy atom. The van der Waals surface area contributed by atoms with Crippen LogP contribution >= 0.6 is 11.6 Å². The zero-order valence-electron chi connectivity index (χ0n) is 13.9. The second kappa shape index (κ2) is 10.8. The van der Waals surface area contributed by atoms with Gasteiger partial charge < -0.3 is 24.8 Å². The van der Waals surface area contributed by atoms with E-state index in [1.807, 2.05) is 20.8 Å². The van der Waals surface area contributed by atoms with Gasteiger partial charge in [0.15, 0.2) is 11.5 Å². The Morgan fingerprint density at radius 1 is 1.04 bits per heavy atom. The van der Waals surface area contributed by atoms with Crippen LogP contribution in [0.15, 0.2) is 12.1 Å². The highest BCUT2D eigenvalue weighted by atomic mass is 35.5. The minimum Gasteiger partial charge on any atom is -0.490 e. The highest BCUT2D eigenvalue weighted by molar-refractivity contribution is 6.17. The maximum atomic E-state index is 11.9. The van der Waals surface area contributed by atoms with E-state index in [9.17, 15) is 4.79 Å². The van der Waals surface area contributed by atoms with Crippen LogP contribution in [0.2, 0.25) is 0 Å². The number of urea groups is 1. The Labute approximate surface area is 142 Å². The average molecular weight is 345 g/mol. The van der Waals surface area contributed by atoms with Gasteiger partial charge in [-0.05, 0) is 27.2 Å². The molecule has 0 fully saturated rings. The second-order valence-corrected chi connectivity index (χ2v) is 4.90. The number of amides is 2. The molecule has 7 heteroatoms. The fourth-order valence-corrected chi connectivity index (χ4v) is 2.04. The van der Waals surface area contributed by atoms with Gasteiger partial charge in [-0.15, -0.1) is 11.6 Å².